The SMILES string of the molecule is CCCC1NC(CC(C)C)N(CCS(C)=O)C1=O. The van der Waals surface area contributed by atoms with Crippen LogP contribution in [0.25, 0.3) is 0 Å². The molecule has 1 saturated heterocycles. The van der Waals surface area contributed by atoms with Crippen molar-refractivity contribution in [3.8, 4) is 0 Å². The first-order valence-electron chi connectivity index (χ1n) is 6.82. The maximum Gasteiger partial charge on any atom is 0.241 e. The predicted molar refractivity (Wildman–Crippen MR) is 75.7 cm³/mol. The molecule has 0 aromatic rings. The van der Waals surface area contributed by atoms with Gasteiger partial charge in [0.1, 0.15) is 0 Å². The minimum absolute atomic E-state index is 0.0379. The van der Waals surface area contributed by atoms with E-state index in [4.69, 9.17) is 0 Å². The third-order valence-corrected chi connectivity index (χ3v) is 4.00. The number of rotatable bonds is 7. The number of amides is 1. The second-order valence-electron chi connectivity index (χ2n) is 5.46. The van der Waals surface area contributed by atoms with Gasteiger partial charge in [-0.05, 0) is 18.8 Å². The molecular weight excluding hydrogens is 248 g/mol. The van der Waals surface area contributed by atoms with Crippen molar-refractivity contribution in [2.75, 3.05) is 18.6 Å². The Bertz CT molecular complexity index is 307. The summed E-state index contributed by atoms with van der Waals surface area (Å²) in [5.74, 6) is 1.30. The highest BCUT2D eigenvalue weighted by Gasteiger charge is 2.37. The summed E-state index contributed by atoms with van der Waals surface area (Å²) in [7, 11) is -0.841. The Labute approximate surface area is 113 Å². The lowest BCUT2D eigenvalue weighted by Gasteiger charge is -2.25. The molecule has 0 saturated carbocycles. The number of carbonyl (C=O) groups excluding carboxylic acids is 1. The van der Waals surface area contributed by atoms with Crippen molar-refractivity contribution in [2.45, 2.75) is 52.2 Å². The van der Waals surface area contributed by atoms with E-state index in [-0.39, 0.29) is 18.1 Å². The molecule has 4 nitrogen and oxygen atoms in total. The molecule has 0 aromatic heterocycles. The van der Waals surface area contributed by atoms with E-state index in [2.05, 4.69) is 26.1 Å². The number of hydrogen-bond acceptors (Lipinski definition) is 3. The van der Waals surface area contributed by atoms with Gasteiger partial charge >= 0.3 is 0 Å². The van der Waals surface area contributed by atoms with E-state index in [1.165, 1.54) is 0 Å². The predicted octanol–water partition coefficient (Wildman–Crippen LogP) is 1.34. The Hall–Kier alpha value is -0.420. The molecule has 0 aliphatic carbocycles. The zero-order chi connectivity index (χ0) is 13.7. The van der Waals surface area contributed by atoms with Crippen molar-refractivity contribution < 1.29 is 9.00 Å². The lowest BCUT2D eigenvalue weighted by molar-refractivity contribution is -0.130. The van der Waals surface area contributed by atoms with Gasteiger partial charge in [0.25, 0.3) is 0 Å². The van der Waals surface area contributed by atoms with Crippen molar-refractivity contribution in [2.24, 2.45) is 5.92 Å². The van der Waals surface area contributed by atoms with Crippen LogP contribution in [0.15, 0.2) is 0 Å². The van der Waals surface area contributed by atoms with Gasteiger partial charge in [-0.1, -0.05) is 27.2 Å². The van der Waals surface area contributed by atoms with E-state index in [1.54, 1.807) is 6.26 Å². The van der Waals surface area contributed by atoms with Gasteiger partial charge in [-0.15, -0.1) is 0 Å². The van der Waals surface area contributed by atoms with Gasteiger partial charge in [0.15, 0.2) is 0 Å². The second kappa shape index (κ2) is 7.24. The highest BCUT2D eigenvalue weighted by atomic mass is 32.2. The summed E-state index contributed by atoms with van der Waals surface area (Å²) < 4.78 is 11.2. The highest BCUT2D eigenvalue weighted by molar-refractivity contribution is 7.84. The molecule has 0 radical (unpaired) electrons. The van der Waals surface area contributed by atoms with Crippen LogP contribution < -0.4 is 5.32 Å². The van der Waals surface area contributed by atoms with E-state index in [9.17, 15) is 9.00 Å². The van der Waals surface area contributed by atoms with Crippen LogP contribution in [0, 0.1) is 5.92 Å². The summed E-state index contributed by atoms with van der Waals surface area (Å²) in [4.78, 5) is 14.2. The molecule has 0 spiro atoms. The largest absolute Gasteiger partial charge is 0.325 e. The number of nitrogens with zero attached hydrogens (tertiary/aromatic N) is 1. The Morgan fingerprint density at radius 3 is 2.61 bits per heavy atom. The average Bonchev–Trinajstić information content (AvgIpc) is 2.53. The second-order valence-corrected chi connectivity index (χ2v) is 7.02. The van der Waals surface area contributed by atoms with Crippen LogP contribution in [0.5, 0.6) is 0 Å². The van der Waals surface area contributed by atoms with Crippen LogP contribution in [-0.2, 0) is 15.6 Å². The molecule has 3 unspecified atom stereocenters. The third kappa shape index (κ3) is 4.35. The van der Waals surface area contributed by atoms with Crippen LogP contribution >= 0.6 is 0 Å². The summed E-state index contributed by atoms with van der Waals surface area (Å²) in [6, 6.07) is -0.0379. The zero-order valence-electron chi connectivity index (χ0n) is 11.9. The first-order valence-corrected chi connectivity index (χ1v) is 8.55. The molecular formula is C13H26N2O2S. The Kier molecular flexibility index (Phi) is 6.29. The van der Waals surface area contributed by atoms with Gasteiger partial charge in [0.05, 0.1) is 12.2 Å². The molecule has 1 N–H and O–H groups in total. The Morgan fingerprint density at radius 2 is 2.11 bits per heavy atom. The van der Waals surface area contributed by atoms with Crippen molar-refractivity contribution in [3.63, 3.8) is 0 Å². The topological polar surface area (TPSA) is 49.4 Å². The minimum atomic E-state index is -0.841. The first kappa shape index (κ1) is 15.6. The quantitative estimate of drug-likeness (QED) is 0.762. The van der Waals surface area contributed by atoms with Crippen molar-refractivity contribution in [3.05, 3.63) is 0 Å². The summed E-state index contributed by atoms with van der Waals surface area (Å²) in [5.41, 5.74) is 0. The lowest BCUT2D eigenvalue weighted by atomic mass is 10.1. The lowest BCUT2D eigenvalue weighted by Crippen LogP contribution is -2.40. The van der Waals surface area contributed by atoms with E-state index >= 15 is 0 Å². The minimum Gasteiger partial charge on any atom is -0.325 e. The Balaban J connectivity index is 2.66. The highest BCUT2D eigenvalue weighted by Crippen LogP contribution is 2.19. The maximum absolute atomic E-state index is 12.3. The summed E-state index contributed by atoms with van der Waals surface area (Å²) in [6.07, 6.45) is 4.67. The molecule has 1 aliphatic rings. The van der Waals surface area contributed by atoms with Crippen molar-refractivity contribution in [1.29, 1.82) is 0 Å². The van der Waals surface area contributed by atoms with E-state index < -0.39 is 10.8 Å². The number of carbonyl (C=O) groups is 1. The van der Waals surface area contributed by atoms with Gasteiger partial charge in [-0.2, -0.15) is 0 Å². The van der Waals surface area contributed by atoms with Gasteiger partial charge in [-0.3, -0.25) is 14.3 Å². The van der Waals surface area contributed by atoms with Gasteiger partial charge in [0, 0.05) is 29.4 Å². The summed E-state index contributed by atoms with van der Waals surface area (Å²) >= 11 is 0. The van der Waals surface area contributed by atoms with Crippen LogP contribution in [0.4, 0.5) is 0 Å². The van der Waals surface area contributed by atoms with E-state index in [0.717, 1.165) is 19.3 Å². The maximum atomic E-state index is 12.3. The number of nitrogens with one attached hydrogen (secondary N) is 1. The molecule has 1 fully saturated rings. The van der Waals surface area contributed by atoms with Crippen LogP contribution in [0.1, 0.15) is 40.0 Å². The molecule has 1 aliphatic heterocycles. The molecule has 1 rings (SSSR count). The van der Waals surface area contributed by atoms with Gasteiger partial charge in [-0.25, -0.2) is 0 Å². The fourth-order valence-corrected chi connectivity index (χ4v) is 2.83. The standard InChI is InChI=1S/C13H26N2O2S/c1-5-6-11-13(16)15(7-8-18(4)17)12(14-11)9-10(2)3/h10-12,14H,5-9H2,1-4H3. The number of hydrogen-bond donors (Lipinski definition) is 1. The van der Waals surface area contributed by atoms with Crippen molar-refractivity contribution in [1.82, 2.24) is 10.2 Å². The average molecular weight is 274 g/mol. The molecule has 1 heterocycles. The monoisotopic (exact) mass is 274 g/mol. The molecule has 0 bridgehead atoms. The fourth-order valence-electron chi connectivity index (χ4n) is 2.38. The van der Waals surface area contributed by atoms with Crippen LogP contribution in [0.2, 0.25) is 0 Å². The fraction of sp³-hybridized carbons (Fsp3) is 0.923. The molecule has 5 heteroatoms. The summed E-state index contributed by atoms with van der Waals surface area (Å²) in [6.45, 7) is 7.02. The van der Waals surface area contributed by atoms with Crippen LogP contribution in [-0.4, -0.2) is 45.8 Å². The van der Waals surface area contributed by atoms with Gasteiger partial charge in [0.2, 0.25) is 5.91 Å². The molecule has 3 atom stereocenters. The molecule has 106 valence electrons. The first-order chi connectivity index (χ1) is 8.45. The third-order valence-electron chi connectivity index (χ3n) is 3.24. The Morgan fingerprint density at radius 1 is 1.44 bits per heavy atom. The molecule has 18 heavy (non-hydrogen) atoms. The molecule has 0 aromatic carbocycles. The normalized spacial score (nSPS) is 26.1. The van der Waals surface area contributed by atoms with Crippen LogP contribution in [0.3, 0.4) is 0 Å². The van der Waals surface area contributed by atoms with Gasteiger partial charge < -0.3 is 4.90 Å². The van der Waals surface area contributed by atoms with Crippen molar-refractivity contribution >= 4 is 16.7 Å². The summed E-state index contributed by atoms with van der Waals surface area (Å²) in [5, 5.41) is 3.42. The smallest absolute Gasteiger partial charge is 0.241 e. The van der Waals surface area contributed by atoms with E-state index in [1.807, 2.05) is 4.90 Å². The zero-order valence-corrected chi connectivity index (χ0v) is 12.8. The molecule has 1 amide bonds. The van der Waals surface area contributed by atoms with E-state index in [0.29, 0.717) is 18.2 Å².